The molecule has 0 aromatic heterocycles. The molecule has 0 aliphatic heterocycles. The summed E-state index contributed by atoms with van der Waals surface area (Å²) in [5, 5.41) is 10.7. The number of hydrogen-bond donors (Lipinski definition) is 2. The SMILES string of the molecule is Cc1c(P)c(O)c(N)c2c1C1C=CC2[CH-]1.P.P.[CH3-].[Rh+2].[Y]. The van der Waals surface area contributed by atoms with Crippen LogP contribution in [0.5, 0.6) is 5.75 Å². The molecule has 3 N–H and O–H groups in total. The summed E-state index contributed by atoms with van der Waals surface area (Å²) < 4.78 is 0. The predicted octanol–water partition coefficient (Wildman–Crippen LogP) is 2.30. The minimum Gasteiger partial charge on any atom is -0.505 e. The minimum atomic E-state index is 0. The average Bonchev–Trinajstić information content (AvgIpc) is 2.82. The second kappa shape index (κ2) is 9.66. The first-order valence-electron chi connectivity index (χ1n) is 5.04. The van der Waals surface area contributed by atoms with Crippen LogP contribution in [-0.2, 0) is 52.2 Å². The van der Waals surface area contributed by atoms with Crippen LogP contribution in [0.25, 0.3) is 0 Å². The third-order valence-electron chi connectivity index (χ3n) is 3.51. The van der Waals surface area contributed by atoms with E-state index in [1.807, 2.05) is 6.92 Å². The number of nitrogen functional groups attached to an aromatic ring is 1. The van der Waals surface area contributed by atoms with Gasteiger partial charge >= 0.3 is 19.5 Å². The molecule has 0 amide bonds. The molecule has 20 heavy (non-hydrogen) atoms. The maximum atomic E-state index is 9.90. The number of benzene rings is 1. The van der Waals surface area contributed by atoms with Gasteiger partial charge in [0.25, 0.3) is 0 Å². The predicted molar refractivity (Wildman–Crippen MR) is 94.1 cm³/mol. The van der Waals surface area contributed by atoms with E-state index in [0.29, 0.717) is 17.5 Å². The van der Waals surface area contributed by atoms with Crippen LogP contribution < -0.4 is 11.0 Å². The summed E-state index contributed by atoms with van der Waals surface area (Å²) in [7, 11) is 2.58. The fourth-order valence-corrected chi connectivity index (χ4v) is 3.02. The second-order valence-electron chi connectivity index (χ2n) is 4.26. The molecule has 0 heterocycles. The van der Waals surface area contributed by atoms with Gasteiger partial charge in [-0.1, -0.05) is 5.56 Å². The normalized spacial score (nSPS) is 19.5. The molecule has 7 heteroatoms. The number of fused-ring (bicyclic) bond motifs is 5. The molecular formula is C13H22NOP3RhY. The Hall–Kier alpha value is 1.58. The standard InChI is InChI=1S/C12H13NOP.CH3.2H3P.Rh.Y/c1-5-8-6-2-3-7(4-6)9(8)10(13)11(14)12(5)15;;;;;/h2-4,6-7,14H,13,15H2,1H3;3*1H3;;/q2*-1;;;+2;. The fourth-order valence-electron chi connectivity index (χ4n) is 2.71. The Morgan fingerprint density at radius 3 is 2.15 bits per heavy atom. The number of nitrogens with two attached hydrogens (primary N) is 1. The van der Waals surface area contributed by atoms with E-state index in [2.05, 4.69) is 27.8 Å². The molecule has 5 atom stereocenters. The number of phenolic OH excluding ortho intramolecular Hbond substituents is 1. The number of phenols is 1. The van der Waals surface area contributed by atoms with E-state index in [0.717, 1.165) is 16.4 Å². The van der Waals surface area contributed by atoms with Gasteiger partial charge in [0.2, 0.25) is 0 Å². The summed E-state index contributed by atoms with van der Waals surface area (Å²) in [5.74, 6) is 0.929. The van der Waals surface area contributed by atoms with Gasteiger partial charge in [0.15, 0.2) is 0 Å². The van der Waals surface area contributed by atoms with E-state index >= 15 is 0 Å². The van der Waals surface area contributed by atoms with Crippen LogP contribution in [0.3, 0.4) is 0 Å². The van der Waals surface area contributed by atoms with Crippen molar-refractivity contribution in [2.45, 2.75) is 18.8 Å². The first-order valence-corrected chi connectivity index (χ1v) is 5.62. The molecule has 2 bridgehead atoms. The smallest absolute Gasteiger partial charge is 0.505 e. The van der Waals surface area contributed by atoms with E-state index in [9.17, 15) is 5.11 Å². The Labute approximate surface area is 169 Å². The van der Waals surface area contributed by atoms with Crippen molar-refractivity contribution in [3.8, 4) is 5.75 Å². The number of allylic oxidation sites excluding steroid dienone is 2. The van der Waals surface area contributed by atoms with Gasteiger partial charge in [-0.2, -0.15) is 19.8 Å². The zero-order chi connectivity index (χ0) is 10.7. The van der Waals surface area contributed by atoms with Gasteiger partial charge in [0.1, 0.15) is 5.75 Å². The zero-order valence-electron chi connectivity index (χ0n) is 11.8. The van der Waals surface area contributed by atoms with Gasteiger partial charge in [-0.3, -0.25) is 0 Å². The topological polar surface area (TPSA) is 46.2 Å². The van der Waals surface area contributed by atoms with E-state index in [4.69, 9.17) is 5.73 Å². The van der Waals surface area contributed by atoms with Crippen molar-refractivity contribution in [3.63, 3.8) is 0 Å². The van der Waals surface area contributed by atoms with E-state index in [1.54, 1.807) is 0 Å². The summed E-state index contributed by atoms with van der Waals surface area (Å²) in [6.07, 6.45) is 6.64. The van der Waals surface area contributed by atoms with E-state index in [1.165, 1.54) is 5.56 Å². The fraction of sp³-hybridized carbons (Fsp3) is 0.231. The molecule has 2 aliphatic rings. The van der Waals surface area contributed by atoms with Crippen molar-refractivity contribution in [3.05, 3.63) is 42.7 Å². The first-order chi connectivity index (χ1) is 7.11. The second-order valence-corrected chi connectivity index (χ2v) is 4.83. The molecule has 2 radical (unpaired) electrons. The molecule has 3 rings (SSSR count). The summed E-state index contributed by atoms with van der Waals surface area (Å²) >= 11 is 0. The van der Waals surface area contributed by atoms with E-state index < -0.39 is 0 Å². The van der Waals surface area contributed by atoms with E-state index in [-0.39, 0.29) is 85.2 Å². The van der Waals surface area contributed by atoms with Gasteiger partial charge in [0, 0.05) is 38.0 Å². The van der Waals surface area contributed by atoms with Crippen molar-refractivity contribution in [2.75, 3.05) is 5.73 Å². The molecule has 0 fully saturated rings. The number of rotatable bonds is 0. The summed E-state index contributed by atoms with van der Waals surface area (Å²) in [5.41, 5.74) is 10.1. The van der Waals surface area contributed by atoms with Crippen LogP contribution in [-0.4, -0.2) is 5.11 Å². The average molecular weight is 493 g/mol. The van der Waals surface area contributed by atoms with Gasteiger partial charge < -0.3 is 24.7 Å². The van der Waals surface area contributed by atoms with Crippen LogP contribution in [0.2, 0.25) is 0 Å². The largest absolute Gasteiger partial charge is 2.00 e. The minimum absolute atomic E-state index is 0. The van der Waals surface area contributed by atoms with Gasteiger partial charge in [-0.05, 0) is 18.1 Å². The van der Waals surface area contributed by atoms with Crippen LogP contribution in [0.15, 0.2) is 12.2 Å². The van der Waals surface area contributed by atoms with Gasteiger partial charge in [0.05, 0.1) is 5.69 Å². The Morgan fingerprint density at radius 1 is 1.20 bits per heavy atom. The molecule has 1 aromatic carbocycles. The van der Waals surface area contributed by atoms with Gasteiger partial charge in [-0.15, -0.1) is 33.2 Å². The third-order valence-corrected chi connectivity index (χ3v) is 4.21. The molecule has 0 spiro atoms. The van der Waals surface area contributed by atoms with Crippen molar-refractivity contribution in [1.82, 2.24) is 0 Å². The molecule has 2 aliphatic carbocycles. The Morgan fingerprint density at radius 2 is 1.65 bits per heavy atom. The van der Waals surface area contributed by atoms with Crippen molar-refractivity contribution >= 4 is 40.0 Å². The maximum Gasteiger partial charge on any atom is 2.00 e. The summed E-state index contributed by atoms with van der Waals surface area (Å²) in [4.78, 5) is 0. The first kappa shape index (κ1) is 26.5. The van der Waals surface area contributed by atoms with Crippen molar-refractivity contribution in [2.24, 2.45) is 0 Å². The summed E-state index contributed by atoms with van der Waals surface area (Å²) in [6.45, 7) is 2.04. The monoisotopic (exact) mass is 493 g/mol. The van der Waals surface area contributed by atoms with Crippen molar-refractivity contribution in [1.29, 1.82) is 0 Å². The number of hydrogen-bond acceptors (Lipinski definition) is 2. The molecule has 0 saturated heterocycles. The van der Waals surface area contributed by atoms with Crippen molar-refractivity contribution < 1.29 is 57.3 Å². The van der Waals surface area contributed by atoms with Gasteiger partial charge in [-0.25, -0.2) is 0 Å². The van der Waals surface area contributed by atoms with Crippen LogP contribution in [0.1, 0.15) is 28.5 Å². The Kier molecular flexibility index (Phi) is 12.8. The Bertz CT molecular complexity index is 468. The molecule has 0 saturated carbocycles. The third kappa shape index (κ3) is 3.73. The molecule has 112 valence electrons. The maximum absolute atomic E-state index is 9.90. The van der Waals surface area contributed by atoms with Crippen LogP contribution in [0, 0.1) is 20.8 Å². The Balaban J connectivity index is -0.000000578. The molecule has 5 unspecified atom stereocenters. The molecular weight excluding hydrogens is 471 g/mol. The van der Waals surface area contributed by atoms with Crippen LogP contribution in [0.4, 0.5) is 5.69 Å². The zero-order valence-corrected chi connectivity index (χ0v) is 20.3. The number of anilines is 1. The number of aromatic hydroxyl groups is 1. The van der Waals surface area contributed by atoms with Crippen LogP contribution >= 0.6 is 29.0 Å². The molecule has 2 nitrogen and oxygen atoms in total. The molecule has 1 aromatic rings. The summed E-state index contributed by atoms with van der Waals surface area (Å²) in [6, 6.07) is 0. The quantitative estimate of drug-likeness (QED) is 0.146.